The van der Waals surface area contributed by atoms with Gasteiger partial charge in [0.05, 0.1) is 6.54 Å². The average Bonchev–Trinajstić information content (AvgIpc) is 3.24. The van der Waals surface area contributed by atoms with Crippen LogP contribution in [0, 0.1) is 0 Å². The van der Waals surface area contributed by atoms with Crippen molar-refractivity contribution in [2.75, 3.05) is 13.1 Å². The lowest BCUT2D eigenvalue weighted by Gasteiger charge is -2.29. The Hall–Kier alpha value is -2.04. The summed E-state index contributed by atoms with van der Waals surface area (Å²) in [4.78, 5) is 41.6. The molecule has 174 valence electrons. The van der Waals surface area contributed by atoms with E-state index in [0.29, 0.717) is 17.0 Å². The number of amides is 3. The van der Waals surface area contributed by atoms with Crippen molar-refractivity contribution < 1.29 is 23.9 Å². The van der Waals surface area contributed by atoms with Gasteiger partial charge in [-0.2, -0.15) is 0 Å². The number of rotatable bonds is 3. The zero-order valence-electron chi connectivity index (χ0n) is 18.7. The number of carbonyl (C=O) groups excluding carboxylic acids is 3. The molecular formula is C23H30IN3O5. The van der Waals surface area contributed by atoms with Crippen molar-refractivity contribution in [1.29, 1.82) is 0 Å². The molecule has 4 atom stereocenters. The van der Waals surface area contributed by atoms with E-state index >= 15 is 0 Å². The third-order valence-corrected chi connectivity index (χ3v) is 7.27. The van der Waals surface area contributed by atoms with E-state index in [9.17, 15) is 14.4 Å². The van der Waals surface area contributed by atoms with Crippen LogP contribution in [0.15, 0.2) is 24.3 Å². The summed E-state index contributed by atoms with van der Waals surface area (Å²) in [6.45, 7) is 6.58. The quantitative estimate of drug-likeness (QED) is 0.457. The minimum atomic E-state index is -0.714. The normalized spacial score (nSPS) is 26.9. The van der Waals surface area contributed by atoms with Gasteiger partial charge in [-0.1, -0.05) is 46.9 Å². The Labute approximate surface area is 202 Å². The molecule has 2 aliphatic heterocycles. The Balaban J connectivity index is 1.40. The van der Waals surface area contributed by atoms with E-state index in [2.05, 4.69) is 34.0 Å². The molecule has 4 rings (SSSR count). The molecule has 1 saturated heterocycles. The third-order valence-electron chi connectivity index (χ3n) is 5.89. The molecule has 9 heteroatoms. The predicted molar refractivity (Wildman–Crippen MR) is 127 cm³/mol. The number of halogens is 1. The van der Waals surface area contributed by atoms with Gasteiger partial charge in [0.2, 0.25) is 5.91 Å². The number of alkyl halides is 1. The van der Waals surface area contributed by atoms with Crippen molar-refractivity contribution >= 4 is 40.7 Å². The van der Waals surface area contributed by atoms with E-state index in [4.69, 9.17) is 9.47 Å². The molecule has 1 saturated carbocycles. The second kappa shape index (κ2) is 9.07. The highest BCUT2D eigenvalue weighted by Crippen LogP contribution is 2.32. The first kappa shape index (κ1) is 23.1. The second-order valence-corrected chi connectivity index (χ2v) is 11.3. The first-order chi connectivity index (χ1) is 15.1. The average molecular weight is 555 g/mol. The van der Waals surface area contributed by atoms with Gasteiger partial charge in [-0.05, 0) is 44.7 Å². The first-order valence-corrected chi connectivity index (χ1v) is 12.3. The molecule has 1 aromatic rings. The minimum absolute atomic E-state index is 0.138. The summed E-state index contributed by atoms with van der Waals surface area (Å²) in [7, 11) is 0. The molecule has 0 spiro atoms. The number of benzene rings is 1. The third kappa shape index (κ3) is 5.47. The zero-order chi connectivity index (χ0) is 23.0. The first-order valence-electron chi connectivity index (χ1n) is 11.1. The Morgan fingerprint density at radius 2 is 1.78 bits per heavy atom. The molecule has 1 aromatic carbocycles. The molecule has 8 nitrogen and oxygen atoms in total. The van der Waals surface area contributed by atoms with Gasteiger partial charge in [0, 0.05) is 29.5 Å². The van der Waals surface area contributed by atoms with Gasteiger partial charge in [-0.25, -0.2) is 9.59 Å². The number of likely N-dealkylation sites (tertiary alicyclic amines) is 1. The molecule has 0 bridgehead atoms. The predicted octanol–water partition coefficient (Wildman–Crippen LogP) is 3.25. The summed E-state index contributed by atoms with van der Waals surface area (Å²) < 4.78 is 11.7. The summed E-state index contributed by atoms with van der Waals surface area (Å²) in [6, 6.07) is 7.49. The highest BCUT2D eigenvalue weighted by molar-refractivity contribution is 14.1. The number of fused-ring (bicyclic) bond motifs is 1. The van der Waals surface area contributed by atoms with Gasteiger partial charge in [0.25, 0.3) is 0 Å². The smallest absolute Gasteiger partial charge is 0.411 e. The van der Waals surface area contributed by atoms with Crippen molar-refractivity contribution in [2.24, 2.45) is 0 Å². The van der Waals surface area contributed by atoms with E-state index in [1.807, 2.05) is 18.2 Å². The number of ether oxygens (including phenoxy) is 2. The number of nitrogens with one attached hydrogen (secondary N) is 1. The number of nitrogens with zero attached hydrogens (tertiary/aromatic N) is 2. The van der Waals surface area contributed by atoms with Crippen molar-refractivity contribution in [3.05, 3.63) is 35.4 Å². The van der Waals surface area contributed by atoms with Crippen molar-refractivity contribution in [3.8, 4) is 0 Å². The molecule has 0 unspecified atom stereocenters. The molecule has 1 aliphatic carbocycles. The van der Waals surface area contributed by atoms with Crippen LogP contribution in [0.1, 0.15) is 44.7 Å². The van der Waals surface area contributed by atoms with Crippen molar-refractivity contribution in [3.63, 3.8) is 0 Å². The van der Waals surface area contributed by atoms with Crippen LogP contribution < -0.4 is 5.32 Å². The highest BCUT2D eigenvalue weighted by atomic mass is 127. The van der Waals surface area contributed by atoms with Crippen LogP contribution in [-0.4, -0.2) is 68.7 Å². The van der Waals surface area contributed by atoms with Gasteiger partial charge < -0.3 is 19.7 Å². The summed E-state index contributed by atoms with van der Waals surface area (Å²) in [5, 5.41) is 2.99. The fourth-order valence-electron chi connectivity index (χ4n) is 4.11. The molecule has 32 heavy (non-hydrogen) atoms. The molecule has 3 aliphatic rings. The molecule has 1 N–H and O–H groups in total. The second-order valence-electron chi connectivity index (χ2n) is 9.70. The highest BCUT2D eigenvalue weighted by Gasteiger charge is 2.46. The van der Waals surface area contributed by atoms with Gasteiger partial charge in [-0.3, -0.25) is 9.69 Å². The fraction of sp³-hybridized carbons (Fsp3) is 0.609. The number of hydrogen-bond acceptors (Lipinski definition) is 5. The number of hydrogen-bond donors (Lipinski definition) is 1. The van der Waals surface area contributed by atoms with E-state index in [-0.39, 0.29) is 24.9 Å². The Kier molecular flexibility index (Phi) is 6.56. The zero-order valence-corrected chi connectivity index (χ0v) is 20.8. The van der Waals surface area contributed by atoms with Crippen LogP contribution in [-0.2, 0) is 27.2 Å². The minimum Gasteiger partial charge on any atom is -0.444 e. The van der Waals surface area contributed by atoms with Crippen LogP contribution in [0.25, 0.3) is 0 Å². The summed E-state index contributed by atoms with van der Waals surface area (Å²) in [6.07, 6.45) is 0.441. The largest absolute Gasteiger partial charge is 0.444 e. The SMILES string of the molecule is CC(C)(C)OC(=O)N1C[C@H](OC(=O)N2CCc3ccccc3C2)C[C@H]1C(=O)N[C@H]1C[C@@H]1I. The van der Waals surface area contributed by atoms with Crippen LogP contribution in [0.5, 0.6) is 0 Å². The van der Waals surface area contributed by atoms with E-state index in [1.54, 1.807) is 25.7 Å². The molecule has 3 amide bonds. The Morgan fingerprint density at radius 1 is 1.09 bits per heavy atom. The number of carbonyl (C=O) groups is 3. The maximum Gasteiger partial charge on any atom is 0.411 e. The fourth-order valence-corrected chi connectivity index (χ4v) is 4.84. The maximum atomic E-state index is 12.9. The molecular weight excluding hydrogens is 525 g/mol. The van der Waals surface area contributed by atoms with Crippen LogP contribution in [0.4, 0.5) is 9.59 Å². The standard InChI is InChI=1S/C23H30IN3O5/c1-23(2,3)32-22(30)27-13-16(10-19(27)20(28)25-18-11-17(18)24)31-21(29)26-9-8-14-6-4-5-7-15(14)12-26/h4-7,16-19H,8-13H2,1-3H3,(H,25,28)/t16-,17+,18+,19+/m1/s1. The summed E-state index contributed by atoms with van der Waals surface area (Å²) >= 11 is 2.30. The summed E-state index contributed by atoms with van der Waals surface area (Å²) in [5.41, 5.74) is 1.68. The van der Waals surface area contributed by atoms with Crippen molar-refractivity contribution in [1.82, 2.24) is 15.1 Å². The monoisotopic (exact) mass is 555 g/mol. The van der Waals surface area contributed by atoms with Gasteiger partial charge >= 0.3 is 12.2 Å². The molecule has 2 fully saturated rings. The lowest BCUT2D eigenvalue weighted by Crippen LogP contribution is -2.48. The van der Waals surface area contributed by atoms with Gasteiger partial charge in [-0.15, -0.1) is 0 Å². The van der Waals surface area contributed by atoms with Crippen LogP contribution >= 0.6 is 22.6 Å². The molecule has 0 radical (unpaired) electrons. The topological polar surface area (TPSA) is 88.2 Å². The lowest BCUT2D eigenvalue weighted by molar-refractivity contribution is -0.125. The van der Waals surface area contributed by atoms with Crippen molar-refractivity contribution in [2.45, 2.75) is 74.3 Å². The lowest BCUT2D eigenvalue weighted by atomic mass is 10.0. The Bertz CT molecular complexity index is 902. The van der Waals surface area contributed by atoms with Gasteiger partial charge in [0.15, 0.2) is 0 Å². The van der Waals surface area contributed by atoms with Crippen LogP contribution in [0.3, 0.4) is 0 Å². The van der Waals surface area contributed by atoms with E-state index in [1.165, 1.54) is 10.5 Å². The van der Waals surface area contributed by atoms with E-state index in [0.717, 1.165) is 18.4 Å². The molecule has 2 heterocycles. The summed E-state index contributed by atoms with van der Waals surface area (Å²) in [5.74, 6) is -0.217. The molecule has 0 aromatic heterocycles. The van der Waals surface area contributed by atoms with Gasteiger partial charge in [0.1, 0.15) is 17.7 Å². The Morgan fingerprint density at radius 3 is 2.44 bits per heavy atom. The van der Waals surface area contributed by atoms with Crippen LogP contribution in [0.2, 0.25) is 0 Å². The van der Waals surface area contributed by atoms with E-state index < -0.39 is 29.9 Å². The maximum absolute atomic E-state index is 12.9.